The van der Waals surface area contributed by atoms with Crippen LogP contribution in [0.15, 0.2) is 0 Å². The molecule has 0 aromatic carbocycles. The summed E-state index contributed by atoms with van der Waals surface area (Å²) >= 11 is 0. The fourth-order valence-corrected chi connectivity index (χ4v) is 4.35. The Bertz CT molecular complexity index is 222. The van der Waals surface area contributed by atoms with E-state index >= 15 is 0 Å². The average molecular weight is 259 g/mol. The van der Waals surface area contributed by atoms with Crippen LogP contribution in [-0.2, 0) is 4.57 Å². The van der Waals surface area contributed by atoms with Crippen LogP contribution in [0.3, 0.4) is 0 Å². The molecule has 0 radical (unpaired) electrons. The molecule has 1 fully saturated rings. The molecule has 1 aliphatic rings. The van der Waals surface area contributed by atoms with E-state index < -0.39 is 13.1 Å². The van der Waals surface area contributed by atoms with Crippen LogP contribution in [0.5, 0.6) is 0 Å². The lowest BCUT2D eigenvalue weighted by molar-refractivity contribution is 0.0844. The number of hydrogen-bond acceptors (Lipinski definition) is 2. The summed E-state index contributed by atoms with van der Waals surface area (Å²) < 4.78 is 12.1. The minimum absolute atomic E-state index is 0.734. The van der Waals surface area contributed by atoms with Crippen LogP contribution in [0.25, 0.3) is 0 Å². The van der Waals surface area contributed by atoms with Gasteiger partial charge >= 0.3 is 7.80 Å². The van der Waals surface area contributed by atoms with Gasteiger partial charge in [0.05, 0.1) is 0 Å². The maximum atomic E-state index is 12.1. The standard InChI is InChI=1S/C14H28O2P/c1-2-3-4-5-6-10-13-17(16)14(15)11-8-7-9-12-14/h15H,2-13H2,1H3/q+1. The van der Waals surface area contributed by atoms with Crippen LogP contribution in [0.2, 0.25) is 0 Å². The van der Waals surface area contributed by atoms with Gasteiger partial charge in [-0.2, -0.15) is 0 Å². The van der Waals surface area contributed by atoms with Crippen molar-refractivity contribution in [3.05, 3.63) is 0 Å². The fraction of sp³-hybridized carbons (Fsp3) is 1.00. The Morgan fingerprint density at radius 3 is 2.24 bits per heavy atom. The van der Waals surface area contributed by atoms with Gasteiger partial charge in [-0.05, 0) is 25.7 Å². The summed E-state index contributed by atoms with van der Waals surface area (Å²) in [7, 11) is -1.40. The molecule has 0 amide bonds. The fourth-order valence-electron chi connectivity index (χ4n) is 2.61. The summed E-state index contributed by atoms with van der Waals surface area (Å²) in [6.07, 6.45) is 12.9. The molecule has 0 bridgehead atoms. The number of rotatable bonds is 8. The molecule has 1 unspecified atom stereocenters. The van der Waals surface area contributed by atoms with E-state index in [1.54, 1.807) is 0 Å². The van der Waals surface area contributed by atoms with Gasteiger partial charge in [0.25, 0.3) is 5.34 Å². The molecule has 1 N–H and O–H groups in total. The predicted molar refractivity (Wildman–Crippen MR) is 73.9 cm³/mol. The molecule has 2 nitrogen and oxygen atoms in total. The third kappa shape index (κ3) is 5.48. The second-order valence-corrected chi connectivity index (χ2v) is 7.45. The molecular weight excluding hydrogens is 231 g/mol. The minimum atomic E-state index is -1.40. The van der Waals surface area contributed by atoms with Gasteiger partial charge in [0.2, 0.25) is 0 Å². The Morgan fingerprint density at radius 1 is 1.00 bits per heavy atom. The van der Waals surface area contributed by atoms with E-state index in [2.05, 4.69) is 6.92 Å². The van der Waals surface area contributed by atoms with Crippen LogP contribution in [0, 0.1) is 0 Å². The number of aliphatic hydroxyl groups is 1. The van der Waals surface area contributed by atoms with Gasteiger partial charge in [-0.1, -0.05) is 43.6 Å². The van der Waals surface area contributed by atoms with Crippen molar-refractivity contribution in [1.29, 1.82) is 0 Å². The first kappa shape index (κ1) is 15.1. The van der Waals surface area contributed by atoms with E-state index in [1.165, 1.54) is 38.5 Å². The maximum absolute atomic E-state index is 12.1. The van der Waals surface area contributed by atoms with Crippen molar-refractivity contribution in [2.45, 2.75) is 82.9 Å². The molecule has 0 saturated heterocycles. The Kier molecular flexibility index (Phi) is 7.30. The topological polar surface area (TPSA) is 37.3 Å². The van der Waals surface area contributed by atoms with E-state index in [0.717, 1.165) is 38.3 Å². The van der Waals surface area contributed by atoms with Crippen molar-refractivity contribution in [2.24, 2.45) is 0 Å². The van der Waals surface area contributed by atoms with E-state index in [4.69, 9.17) is 0 Å². The van der Waals surface area contributed by atoms with Gasteiger partial charge in [-0.3, -0.25) is 0 Å². The summed E-state index contributed by atoms with van der Waals surface area (Å²) in [5.74, 6) is 0. The minimum Gasteiger partial charge on any atom is -0.349 e. The van der Waals surface area contributed by atoms with Crippen LogP contribution in [0.4, 0.5) is 0 Å². The molecule has 0 aromatic heterocycles. The molecule has 0 aromatic rings. The van der Waals surface area contributed by atoms with Crippen LogP contribution in [0.1, 0.15) is 77.6 Å². The predicted octanol–water partition coefficient (Wildman–Crippen LogP) is 4.83. The van der Waals surface area contributed by atoms with Crippen molar-refractivity contribution < 1.29 is 9.67 Å². The maximum Gasteiger partial charge on any atom is 0.373 e. The molecule has 17 heavy (non-hydrogen) atoms. The van der Waals surface area contributed by atoms with Crippen molar-refractivity contribution in [3.8, 4) is 0 Å². The lowest BCUT2D eigenvalue weighted by Crippen LogP contribution is -2.27. The van der Waals surface area contributed by atoms with Crippen molar-refractivity contribution in [2.75, 3.05) is 6.16 Å². The van der Waals surface area contributed by atoms with E-state index in [-0.39, 0.29) is 0 Å². The van der Waals surface area contributed by atoms with Gasteiger partial charge in [0.1, 0.15) is 6.16 Å². The lowest BCUT2D eigenvalue weighted by Gasteiger charge is -2.22. The molecule has 3 heteroatoms. The first-order valence-corrected chi connectivity index (χ1v) is 8.81. The highest BCUT2D eigenvalue weighted by Crippen LogP contribution is 2.47. The van der Waals surface area contributed by atoms with E-state index in [0.29, 0.717) is 0 Å². The molecule has 0 spiro atoms. The molecule has 1 saturated carbocycles. The van der Waals surface area contributed by atoms with Gasteiger partial charge in [0, 0.05) is 12.8 Å². The lowest BCUT2D eigenvalue weighted by atomic mass is 9.97. The second-order valence-electron chi connectivity index (χ2n) is 5.41. The quantitative estimate of drug-likeness (QED) is 0.501. The Balaban J connectivity index is 2.11. The zero-order valence-corrected chi connectivity index (χ0v) is 12.2. The summed E-state index contributed by atoms with van der Waals surface area (Å²) in [4.78, 5) is 0. The van der Waals surface area contributed by atoms with Crippen LogP contribution >= 0.6 is 7.80 Å². The molecule has 1 rings (SSSR count). The van der Waals surface area contributed by atoms with Gasteiger partial charge < -0.3 is 5.11 Å². The monoisotopic (exact) mass is 259 g/mol. The zero-order valence-electron chi connectivity index (χ0n) is 11.3. The Morgan fingerprint density at radius 2 is 1.59 bits per heavy atom. The smallest absolute Gasteiger partial charge is 0.349 e. The SMILES string of the molecule is CCCCCCCC[P+](=O)C1(O)CCCCC1. The number of hydrogen-bond donors (Lipinski definition) is 1. The highest BCUT2D eigenvalue weighted by molar-refractivity contribution is 7.46. The highest BCUT2D eigenvalue weighted by Gasteiger charge is 2.46. The highest BCUT2D eigenvalue weighted by atomic mass is 31.1. The Hall–Kier alpha value is 0.0600. The van der Waals surface area contributed by atoms with Gasteiger partial charge in [-0.25, -0.2) is 0 Å². The zero-order chi connectivity index (χ0) is 12.6. The number of unbranched alkanes of at least 4 members (excludes halogenated alkanes) is 5. The molecule has 1 atom stereocenters. The molecule has 0 aliphatic heterocycles. The van der Waals surface area contributed by atoms with E-state index in [9.17, 15) is 9.67 Å². The van der Waals surface area contributed by atoms with Crippen molar-refractivity contribution in [3.63, 3.8) is 0 Å². The first-order valence-electron chi connectivity index (χ1n) is 7.36. The molecular formula is C14H28O2P+. The third-order valence-corrected chi connectivity index (χ3v) is 5.93. The molecule has 1 aliphatic carbocycles. The van der Waals surface area contributed by atoms with E-state index in [1.807, 2.05) is 0 Å². The molecule has 0 heterocycles. The Labute approximate surface area is 107 Å². The molecule has 100 valence electrons. The second kappa shape index (κ2) is 8.21. The third-order valence-electron chi connectivity index (χ3n) is 3.83. The summed E-state index contributed by atoms with van der Waals surface area (Å²) in [5, 5.41) is 9.49. The van der Waals surface area contributed by atoms with Crippen LogP contribution in [-0.4, -0.2) is 16.6 Å². The van der Waals surface area contributed by atoms with Crippen LogP contribution < -0.4 is 0 Å². The summed E-state index contributed by atoms with van der Waals surface area (Å²) in [6.45, 7) is 2.22. The normalized spacial score (nSPS) is 20.2. The van der Waals surface area contributed by atoms with Crippen molar-refractivity contribution >= 4 is 7.80 Å². The summed E-state index contributed by atoms with van der Waals surface area (Å²) in [5.41, 5.74) is 0. The average Bonchev–Trinajstić information content (AvgIpc) is 2.34. The largest absolute Gasteiger partial charge is 0.373 e. The van der Waals surface area contributed by atoms with Gasteiger partial charge in [-0.15, -0.1) is 0 Å². The van der Waals surface area contributed by atoms with Crippen molar-refractivity contribution in [1.82, 2.24) is 0 Å². The van der Waals surface area contributed by atoms with Gasteiger partial charge in [0.15, 0.2) is 0 Å². The first-order chi connectivity index (χ1) is 8.19. The summed E-state index contributed by atoms with van der Waals surface area (Å²) in [6, 6.07) is 0.